The molecule has 6 nitrogen and oxygen atoms in total. The molecule has 0 aliphatic rings. The van der Waals surface area contributed by atoms with Gasteiger partial charge >= 0.3 is 0 Å². The van der Waals surface area contributed by atoms with Crippen molar-refractivity contribution in [3.05, 3.63) is 89.2 Å². The zero-order valence-electron chi connectivity index (χ0n) is 17.2. The van der Waals surface area contributed by atoms with Gasteiger partial charge in [-0.3, -0.25) is 9.52 Å². The summed E-state index contributed by atoms with van der Waals surface area (Å²) in [5.41, 5.74) is 2.02. The Balaban J connectivity index is 1.66. The molecule has 0 spiro atoms. The molecule has 8 heteroatoms. The van der Waals surface area contributed by atoms with E-state index in [1.807, 2.05) is 19.1 Å². The zero-order valence-corrected chi connectivity index (χ0v) is 18.0. The molecular formula is C23H23FN2O4S. The van der Waals surface area contributed by atoms with Crippen molar-refractivity contribution < 1.29 is 22.3 Å². The molecule has 0 bridgehead atoms. The molecule has 0 fully saturated rings. The van der Waals surface area contributed by atoms with Crippen LogP contribution in [-0.2, 0) is 10.0 Å². The molecule has 3 aromatic carbocycles. The Bertz CT molecular complexity index is 1180. The monoisotopic (exact) mass is 442 g/mol. The Morgan fingerprint density at radius 2 is 1.68 bits per heavy atom. The second-order valence-corrected chi connectivity index (χ2v) is 8.61. The first kappa shape index (κ1) is 22.3. The van der Waals surface area contributed by atoms with Gasteiger partial charge in [-0.25, -0.2) is 12.8 Å². The van der Waals surface area contributed by atoms with E-state index < -0.39 is 15.9 Å². The largest absolute Gasteiger partial charge is 0.492 e. The van der Waals surface area contributed by atoms with E-state index in [0.29, 0.717) is 17.0 Å². The van der Waals surface area contributed by atoms with Crippen molar-refractivity contribution in [3.8, 4) is 5.75 Å². The lowest BCUT2D eigenvalue weighted by atomic mass is 10.1. The highest BCUT2D eigenvalue weighted by atomic mass is 32.2. The van der Waals surface area contributed by atoms with Crippen LogP contribution < -0.4 is 14.8 Å². The zero-order chi connectivity index (χ0) is 22.4. The van der Waals surface area contributed by atoms with E-state index in [2.05, 4.69) is 10.0 Å². The second kappa shape index (κ2) is 9.61. The van der Waals surface area contributed by atoms with E-state index in [1.54, 1.807) is 31.2 Å². The maximum Gasteiger partial charge on any atom is 0.262 e. The molecule has 0 radical (unpaired) electrons. The number of anilines is 1. The van der Waals surface area contributed by atoms with E-state index in [9.17, 15) is 17.6 Å². The number of rotatable bonds is 8. The number of sulfonamides is 1. The summed E-state index contributed by atoms with van der Waals surface area (Å²) in [5, 5.41) is 2.68. The van der Waals surface area contributed by atoms with Crippen LogP contribution in [0.4, 0.5) is 10.1 Å². The van der Waals surface area contributed by atoms with Gasteiger partial charge in [0.1, 0.15) is 18.2 Å². The van der Waals surface area contributed by atoms with Crippen LogP contribution in [0, 0.1) is 19.7 Å². The summed E-state index contributed by atoms with van der Waals surface area (Å²) in [5.74, 6) is -0.292. The van der Waals surface area contributed by atoms with Gasteiger partial charge in [0.15, 0.2) is 0 Å². The normalized spacial score (nSPS) is 11.1. The Morgan fingerprint density at radius 3 is 2.39 bits per heavy atom. The summed E-state index contributed by atoms with van der Waals surface area (Å²) in [4.78, 5) is 12.5. The molecule has 3 rings (SSSR count). The average Bonchev–Trinajstić information content (AvgIpc) is 2.74. The van der Waals surface area contributed by atoms with Gasteiger partial charge in [-0.2, -0.15) is 0 Å². The van der Waals surface area contributed by atoms with Gasteiger partial charge < -0.3 is 10.1 Å². The van der Waals surface area contributed by atoms with Crippen LogP contribution in [-0.4, -0.2) is 27.5 Å². The fourth-order valence-electron chi connectivity index (χ4n) is 2.88. The lowest BCUT2D eigenvalue weighted by Crippen LogP contribution is -2.28. The van der Waals surface area contributed by atoms with Gasteiger partial charge in [-0.1, -0.05) is 24.3 Å². The van der Waals surface area contributed by atoms with Crippen LogP contribution >= 0.6 is 0 Å². The molecule has 0 heterocycles. The van der Waals surface area contributed by atoms with Crippen molar-refractivity contribution in [1.82, 2.24) is 5.32 Å². The van der Waals surface area contributed by atoms with Gasteiger partial charge in [-0.05, 0) is 67.4 Å². The first-order valence-corrected chi connectivity index (χ1v) is 11.1. The van der Waals surface area contributed by atoms with E-state index in [4.69, 9.17) is 4.74 Å². The predicted octanol–water partition coefficient (Wildman–Crippen LogP) is 4.05. The molecule has 31 heavy (non-hydrogen) atoms. The number of ether oxygens (including phenoxy) is 1. The summed E-state index contributed by atoms with van der Waals surface area (Å²) < 4.78 is 46.7. The lowest BCUT2D eigenvalue weighted by Gasteiger charge is -2.13. The van der Waals surface area contributed by atoms with E-state index >= 15 is 0 Å². The van der Waals surface area contributed by atoms with Crippen LogP contribution in [0.2, 0.25) is 0 Å². The number of benzene rings is 3. The number of carbonyl (C=O) groups is 1. The fourth-order valence-corrected chi connectivity index (χ4v) is 4.29. The summed E-state index contributed by atoms with van der Waals surface area (Å²) in [6.07, 6.45) is 0. The van der Waals surface area contributed by atoms with Gasteiger partial charge in [0.2, 0.25) is 0 Å². The molecule has 0 aromatic heterocycles. The van der Waals surface area contributed by atoms with Crippen molar-refractivity contribution >= 4 is 21.6 Å². The molecular weight excluding hydrogens is 419 g/mol. The van der Waals surface area contributed by atoms with Crippen molar-refractivity contribution in [2.45, 2.75) is 18.7 Å². The summed E-state index contributed by atoms with van der Waals surface area (Å²) in [6.45, 7) is 3.87. The van der Waals surface area contributed by atoms with Crippen molar-refractivity contribution in [2.24, 2.45) is 0 Å². The number of nitrogens with one attached hydrogen (secondary N) is 2. The number of carbonyl (C=O) groups excluding carboxylic acids is 1. The number of hydrogen-bond acceptors (Lipinski definition) is 4. The highest BCUT2D eigenvalue weighted by molar-refractivity contribution is 7.92. The predicted molar refractivity (Wildman–Crippen MR) is 117 cm³/mol. The molecule has 0 saturated carbocycles. The van der Waals surface area contributed by atoms with Crippen LogP contribution in [0.5, 0.6) is 5.75 Å². The molecule has 162 valence electrons. The minimum absolute atomic E-state index is 0.0333. The molecule has 0 atom stereocenters. The van der Waals surface area contributed by atoms with Gasteiger partial charge in [0, 0.05) is 5.56 Å². The highest BCUT2D eigenvalue weighted by Gasteiger charge is 2.20. The van der Waals surface area contributed by atoms with Crippen LogP contribution in [0.15, 0.2) is 71.6 Å². The fraction of sp³-hybridized carbons (Fsp3) is 0.174. The SMILES string of the molecule is Cc1ccccc1NS(=O)(=O)c1cc(C(=O)NCCOc2ccc(F)cc2)ccc1C. The molecule has 1 amide bonds. The second-order valence-electron chi connectivity index (χ2n) is 6.96. The molecule has 2 N–H and O–H groups in total. The Kier molecular flexibility index (Phi) is 6.91. The van der Waals surface area contributed by atoms with E-state index in [0.717, 1.165) is 5.56 Å². The minimum Gasteiger partial charge on any atom is -0.492 e. The first-order chi connectivity index (χ1) is 14.8. The quantitative estimate of drug-likeness (QED) is 0.516. The molecule has 0 aliphatic carbocycles. The van der Waals surface area contributed by atoms with Crippen LogP contribution in [0.25, 0.3) is 0 Å². The number of halogens is 1. The van der Waals surface area contributed by atoms with Crippen molar-refractivity contribution in [3.63, 3.8) is 0 Å². The minimum atomic E-state index is -3.87. The molecule has 0 unspecified atom stereocenters. The number of amides is 1. The Morgan fingerprint density at radius 1 is 0.968 bits per heavy atom. The smallest absolute Gasteiger partial charge is 0.262 e. The van der Waals surface area contributed by atoms with Crippen molar-refractivity contribution in [2.75, 3.05) is 17.9 Å². The summed E-state index contributed by atoms with van der Waals surface area (Å²) in [7, 11) is -3.87. The molecule has 3 aromatic rings. The Labute approximate surface area is 181 Å². The Hall–Kier alpha value is -3.39. The van der Waals surface area contributed by atoms with Gasteiger partial charge in [0.25, 0.3) is 15.9 Å². The van der Waals surface area contributed by atoms with Gasteiger partial charge in [0.05, 0.1) is 17.1 Å². The highest BCUT2D eigenvalue weighted by Crippen LogP contribution is 2.22. The summed E-state index contributed by atoms with van der Waals surface area (Å²) in [6, 6.07) is 17.1. The van der Waals surface area contributed by atoms with E-state index in [-0.39, 0.29) is 29.4 Å². The van der Waals surface area contributed by atoms with Crippen LogP contribution in [0.1, 0.15) is 21.5 Å². The molecule has 0 saturated heterocycles. The molecule has 0 aliphatic heterocycles. The average molecular weight is 443 g/mol. The third-order valence-electron chi connectivity index (χ3n) is 4.60. The van der Waals surface area contributed by atoms with Crippen molar-refractivity contribution in [1.29, 1.82) is 0 Å². The van der Waals surface area contributed by atoms with Crippen LogP contribution in [0.3, 0.4) is 0 Å². The van der Waals surface area contributed by atoms with Gasteiger partial charge in [-0.15, -0.1) is 0 Å². The standard InChI is InChI=1S/C23H23FN2O4S/c1-16-5-3-4-6-21(16)26-31(28,29)22-15-18(8-7-17(22)2)23(27)25-13-14-30-20-11-9-19(24)10-12-20/h3-12,15,26H,13-14H2,1-2H3,(H,25,27). The maximum absolute atomic E-state index is 12.9. The lowest BCUT2D eigenvalue weighted by molar-refractivity contribution is 0.0947. The topological polar surface area (TPSA) is 84.5 Å². The number of para-hydroxylation sites is 1. The summed E-state index contributed by atoms with van der Waals surface area (Å²) >= 11 is 0. The third kappa shape index (κ3) is 5.82. The number of aryl methyl sites for hydroxylation is 2. The third-order valence-corrected chi connectivity index (χ3v) is 6.11. The first-order valence-electron chi connectivity index (χ1n) is 9.62. The number of hydrogen-bond donors (Lipinski definition) is 2. The van der Waals surface area contributed by atoms with E-state index in [1.165, 1.54) is 30.3 Å². The maximum atomic E-state index is 12.9.